The molecule has 4 rings (SSSR count). The number of rotatable bonds is 6. The first-order chi connectivity index (χ1) is 15.8. The Morgan fingerprint density at radius 2 is 1.55 bits per heavy atom. The van der Waals surface area contributed by atoms with E-state index < -0.39 is 15.6 Å². The molecule has 33 heavy (non-hydrogen) atoms. The summed E-state index contributed by atoms with van der Waals surface area (Å²) in [5.41, 5.74) is -0.397. The standard InChI is InChI=1S/C23H27NO8S/c1-28-15-5-6-18(30-3)21(13-15)33(26,27)24-9-7-23(8-10-24)14-17(25)22-19(31-4)11-16(29-2)12-20(22)32-23/h5-6,11-13H,7-10,14H2,1-4H3. The molecule has 0 N–H and O–H groups in total. The number of carbonyl (C=O) groups is 1. The molecule has 0 radical (unpaired) electrons. The molecule has 2 heterocycles. The van der Waals surface area contributed by atoms with Gasteiger partial charge in [0, 0.05) is 44.1 Å². The van der Waals surface area contributed by atoms with Crippen molar-refractivity contribution in [1.29, 1.82) is 0 Å². The van der Waals surface area contributed by atoms with Crippen LogP contribution in [0, 0.1) is 0 Å². The zero-order valence-corrected chi connectivity index (χ0v) is 19.9. The van der Waals surface area contributed by atoms with Gasteiger partial charge in [-0.25, -0.2) is 8.42 Å². The minimum atomic E-state index is -3.84. The average Bonchev–Trinajstić information content (AvgIpc) is 2.82. The van der Waals surface area contributed by atoms with Gasteiger partial charge >= 0.3 is 0 Å². The van der Waals surface area contributed by atoms with E-state index in [0.717, 1.165) is 0 Å². The molecular formula is C23H27NO8S. The van der Waals surface area contributed by atoms with Crippen molar-refractivity contribution in [2.75, 3.05) is 41.5 Å². The summed E-state index contributed by atoms with van der Waals surface area (Å²) >= 11 is 0. The number of hydrogen-bond acceptors (Lipinski definition) is 8. The van der Waals surface area contributed by atoms with Crippen LogP contribution in [0.2, 0.25) is 0 Å². The van der Waals surface area contributed by atoms with E-state index in [1.807, 2.05) is 0 Å². The normalized spacial score (nSPS) is 17.8. The van der Waals surface area contributed by atoms with Crippen molar-refractivity contribution < 1.29 is 36.9 Å². The number of sulfonamides is 1. The van der Waals surface area contributed by atoms with Crippen molar-refractivity contribution in [3.63, 3.8) is 0 Å². The van der Waals surface area contributed by atoms with Gasteiger partial charge in [0.05, 0.1) is 34.9 Å². The van der Waals surface area contributed by atoms with Crippen molar-refractivity contribution in [1.82, 2.24) is 4.31 Å². The fourth-order valence-corrected chi connectivity index (χ4v) is 6.00. The highest BCUT2D eigenvalue weighted by molar-refractivity contribution is 7.89. The molecule has 1 saturated heterocycles. The van der Waals surface area contributed by atoms with E-state index in [1.165, 1.54) is 38.8 Å². The Kier molecular flexibility index (Phi) is 6.15. The first kappa shape index (κ1) is 23.2. The molecule has 178 valence electrons. The van der Waals surface area contributed by atoms with Crippen LogP contribution < -0.4 is 23.7 Å². The summed E-state index contributed by atoms with van der Waals surface area (Å²) in [5, 5.41) is 0. The molecule has 0 atom stereocenters. The van der Waals surface area contributed by atoms with Crippen LogP contribution in [0.4, 0.5) is 0 Å². The molecule has 0 aromatic heterocycles. The third kappa shape index (κ3) is 4.08. The summed E-state index contributed by atoms with van der Waals surface area (Å²) in [6.45, 7) is 0.402. The number of fused-ring (bicyclic) bond motifs is 1. The lowest BCUT2D eigenvalue weighted by atomic mass is 9.82. The van der Waals surface area contributed by atoms with Crippen LogP contribution in [-0.4, -0.2) is 65.6 Å². The van der Waals surface area contributed by atoms with Crippen molar-refractivity contribution >= 4 is 15.8 Å². The number of hydrogen-bond donors (Lipinski definition) is 0. The second-order valence-corrected chi connectivity index (χ2v) is 9.92. The summed E-state index contributed by atoms with van der Waals surface area (Å²) in [6.07, 6.45) is 0.880. The average molecular weight is 478 g/mol. The molecule has 2 aromatic rings. The summed E-state index contributed by atoms with van der Waals surface area (Å²) < 4.78 is 55.6. The molecule has 0 bridgehead atoms. The van der Waals surface area contributed by atoms with Crippen LogP contribution in [0.15, 0.2) is 35.2 Å². The van der Waals surface area contributed by atoms with Crippen LogP contribution in [0.25, 0.3) is 0 Å². The molecule has 1 spiro atoms. The van der Waals surface area contributed by atoms with Crippen LogP contribution in [-0.2, 0) is 10.0 Å². The van der Waals surface area contributed by atoms with E-state index in [0.29, 0.717) is 41.4 Å². The van der Waals surface area contributed by atoms with E-state index >= 15 is 0 Å². The number of ketones is 1. The van der Waals surface area contributed by atoms with Gasteiger partial charge in [-0.2, -0.15) is 4.31 Å². The zero-order valence-electron chi connectivity index (χ0n) is 19.0. The smallest absolute Gasteiger partial charge is 0.246 e. The van der Waals surface area contributed by atoms with Crippen LogP contribution >= 0.6 is 0 Å². The van der Waals surface area contributed by atoms with Crippen LogP contribution in [0.5, 0.6) is 28.7 Å². The maximum absolute atomic E-state index is 13.4. The summed E-state index contributed by atoms with van der Waals surface area (Å²) in [5.74, 6) is 1.88. The second kappa shape index (κ2) is 8.75. The lowest BCUT2D eigenvalue weighted by Crippen LogP contribution is -2.52. The number of Topliss-reactive ketones (excluding diaryl/α,β-unsaturated/α-hetero) is 1. The number of methoxy groups -OCH3 is 4. The zero-order chi connectivity index (χ0) is 23.8. The highest BCUT2D eigenvalue weighted by atomic mass is 32.2. The summed E-state index contributed by atoms with van der Waals surface area (Å²) in [7, 11) is 2.07. The number of piperidine rings is 1. The first-order valence-electron chi connectivity index (χ1n) is 10.5. The highest BCUT2D eigenvalue weighted by Gasteiger charge is 2.46. The molecule has 10 heteroatoms. The van der Waals surface area contributed by atoms with Gasteiger partial charge in [-0.15, -0.1) is 0 Å². The molecule has 2 aliphatic rings. The quantitative estimate of drug-likeness (QED) is 0.626. The van der Waals surface area contributed by atoms with Gasteiger partial charge in [-0.1, -0.05) is 0 Å². The van der Waals surface area contributed by atoms with Gasteiger partial charge < -0.3 is 23.7 Å². The first-order valence-corrected chi connectivity index (χ1v) is 11.9. The molecule has 0 unspecified atom stereocenters. The van der Waals surface area contributed by atoms with E-state index in [1.54, 1.807) is 24.3 Å². The number of nitrogens with zero attached hydrogens (tertiary/aromatic N) is 1. The molecule has 9 nitrogen and oxygen atoms in total. The SMILES string of the molecule is COc1cc(OC)c2c(c1)OC1(CCN(S(=O)(=O)c3cc(OC)ccc3OC)CC1)CC2=O. The maximum atomic E-state index is 13.4. The van der Waals surface area contributed by atoms with E-state index in [2.05, 4.69) is 0 Å². The van der Waals surface area contributed by atoms with Gasteiger partial charge in [0.25, 0.3) is 0 Å². The molecule has 1 fully saturated rings. The number of benzene rings is 2. The predicted molar refractivity (Wildman–Crippen MR) is 119 cm³/mol. The summed E-state index contributed by atoms with van der Waals surface area (Å²) in [6, 6.07) is 7.98. The molecule has 2 aromatic carbocycles. The summed E-state index contributed by atoms with van der Waals surface area (Å²) in [4.78, 5) is 13.1. The Morgan fingerprint density at radius 3 is 2.15 bits per heavy atom. The minimum Gasteiger partial charge on any atom is -0.497 e. The largest absolute Gasteiger partial charge is 0.497 e. The van der Waals surface area contributed by atoms with E-state index in [-0.39, 0.29) is 35.9 Å². The lowest BCUT2D eigenvalue weighted by Gasteiger charge is -2.43. The Balaban J connectivity index is 1.59. The molecule has 0 amide bonds. The maximum Gasteiger partial charge on any atom is 0.246 e. The van der Waals surface area contributed by atoms with Crippen molar-refractivity contribution in [3.8, 4) is 28.7 Å². The molecular weight excluding hydrogens is 450 g/mol. The second-order valence-electron chi connectivity index (χ2n) is 8.01. The molecule has 2 aliphatic heterocycles. The topological polar surface area (TPSA) is 101 Å². The third-order valence-electron chi connectivity index (χ3n) is 6.21. The van der Waals surface area contributed by atoms with E-state index in [9.17, 15) is 13.2 Å². The third-order valence-corrected chi connectivity index (χ3v) is 8.13. The van der Waals surface area contributed by atoms with Crippen molar-refractivity contribution in [2.24, 2.45) is 0 Å². The van der Waals surface area contributed by atoms with Gasteiger partial charge in [0.2, 0.25) is 10.0 Å². The number of ether oxygens (including phenoxy) is 5. The Morgan fingerprint density at radius 1 is 0.879 bits per heavy atom. The van der Waals surface area contributed by atoms with Crippen LogP contribution in [0.1, 0.15) is 29.6 Å². The fraction of sp³-hybridized carbons (Fsp3) is 0.435. The van der Waals surface area contributed by atoms with Crippen molar-refractivity contribution in [3.05, 3.63) is 35.9 Å². The van der Waals surface area contributed by atoms with Gasteiger partial charge in [-0.05, 0) is 12.1 Å². The highest BCUT2D eigenvalue weighted by Crippen LogP contribution is 2.45. The monoisotopic (exact) mass is 477 g/mol. The van der Waals surface area contributed by atoms with Gasteiger partial charge in [-0.3, -0.25) is 4.79 Å². The fourth-order valence-electron chi connectivity index (χ4n) is 4.39. The predicted octanol–water partition coefficient (Wildman–Crippen LogP) is 2.91. The minimum absolute atomic E-state index is 0.0424. The van der Waals surface area contributed by atoms with E-state index in [4.69, 9.17) is 23.7 Å². The lowest BCUT2D eigenvalue weighted by molar-refractivity contribution is 0.00537. The van der Waals surface area contributed by atoms with Gasteiger partial charge in [0.15, 0.2) is 5.78 Å². The molecule has 0 aliphatic carbocycles. The Labute approximate surface area is 193 Å². The van der Waals surface area contributed by atoms with Crippen LogP contribution in [0.3, 0.4) is 0 Å². The Hall–Kier alpha value is -2.98. The number of carbonyl (C=O) groups excluding carboxylic acids is 1. The Bertz CT molecular complexity index is 1170. The van der Waals surface area contributed by atoms with Gasteiger partial charge in [0.1, 0.15) is 44.8 Å². The molecule has 0 saturated carbocycles. The van der Waals surface area contributed by atoms with Crippen molar-refractivity contribution in [2.45, 2.75) is 29.8 Å².